The first-order valence-corrected chi connectivity index (χ1v) is 6.50. The van der Waals surface area contributed by atoms with Crippen LogP contribution in [0.25, 0.3) is 0 Å². The second-order valence-electron chi connectivity index (χ2n) is 5.27. The zero-order valence-electron chi connectivity index (χ0n) is 10.5. The van der Waals surface area contributed by atoms with Crippen LogP contribution in [0.2, 0.25) is 0 Å². The largest absolute Gasteiger partial charge is 0.374 e. The summed E-state index contributed by atoms with van der Waals surface area (Å²) in [6.07, 6.45) is 6.90. The fourth-order valence-corrected chi connectivity index (χ4v) is 2.99. The van der Waals surface area contributed by atoms with Gasteiger partial charge in [0.25, 0.3) is 0 Å². The van der Waals surface area contributed by atoms with Gasteiger partial charge < -0.3 is 4.74 Å². The van der Waals surface area contributed by atoms with Gasteiger partial charge in [-0.25, -0.2) is 0 Å². The maximum atomic E-state index is 12.4. The Kier molecular flexibility index (Phi) is 3.48. The van der Waals surface area contributed by atoms with Crippen molar-refractivity contribution in [1.29, 1.82) is 0 Å². The molecule has 1 aliphatic heterocycles. The van der Waals surface area contributed by atoms with Crippen molar-refractivity contribution in [1.82, 2.24) is 0 Å². The van der Waals surface area contributed by atoms with Gasteiger partial charge in [0.15, 0.2) is 5.78 Å². The van der Waals surface area contributed by atoms with Gasteiger partial charge >= 0.3 is 0 Å². The summed E-state index contributed by atoms with van der Waals surface area (Å²) in [7, 11) is 0. The van der Waals surface area contributed by atoms with Gasteiger partial charge in [0.05, 0.1) is 18.1 Å². The fraction of sp³-hybridized carbons (Fsp3) is 0.786. The Morgan fingerprint density at radius 2 is 2.00 bits per heavy atom. The van der Waals surface area contributed by atoms with Crippen LogP contribution in [0.4, 0.5) is 0 Å². The number of allylic oxidation sites excluding steroid dienone is 2. The van der Waals surface area contributed by atoms with E-state index in [0.717, 1.165) is 18.4 Å². The maximum Gasteiger partial charge on any atom is 0.164 e. The summed E-state index contributed by atoms with van der Waals surface area (Å²) in [5, 5.41) is 0. The molecule has 0 spiro atoms. The molecule has 1 fully saturated rings. The van der Waals surface area contributed by atoms with E-state index in [-0.39, 0.29) is 18.1 Å². The normalized spacial score (nSPS) is 39.6. The second kappa shape index (κ2) is 4.70. The number of ether oxygens (including phenoxy) is 1. The molecule has 4 unspecified atom stereocenters. The van der Waals surface area contributed by atoms with Crippen molar-refractivity contribution in [3.8, 4) is 0 Å². The average molecular weight is 222 g/mol. The van der Waals surface area contributed by atoms with Gasteiger partial charge in [0.1, 0.15) is 0 Å². The first-order chi connectivity index (χ1) is 7.61. The number of hydrogen-bond acceptors (Lipinski definition) is 2. The molecular weight excluding hydrogens is 200 g/mol. The van der Waals surface area contributed by atoms with Gasteiger partial charge in [-0.15, -0.1) is 0 Å². The van der Waals surface area contributed by atoms with Gasteiger partial charge in [0.2, 0.25) is 0 Å². The summed E-state index contributed by atoms with van der Waals surface area (Å²) in [6, 6.07) is 0. The Bertz CT molecular complexity index is 306. The molecule has 16 heavy (non-hydrogen) atoms. The maximum absolute atomic E-state index is 12.4. The Balaban J connectivity index is 2.12. The van der Waals surface area contributed by atoms with Crippen molar-refractivity contribution in [3.05, 3.63) is 11.6 Å². The van der Waals surface area contributed by atoms with E-state index in [9.17, 15) is 4.79 Å². The van der Waals surface area contributed by atoms with Crippen LogP contribution in [0.15, 0.2) is 11.6 Å². The molecular formula is C14H22O2. The van der Waals surface area contributed by atoms with Crippen LogP contribution in [0.5, 0.6) is 0 Å². The lowest BCUT2D eigenvalue weighted by Crippen LogP contribution is -2.28. The lowest BCUT2D eigenvalue weighted by molar-refractivity contribution is -0.121. The third-order valence-electron chi connectivity index (χ3n) is 4.15. The smallest absolute Gasteiger partial charge is 0.164 e. The summed E-state index contributed by atoms with van der Waals surface area (Å²) < 4.78 is 5.75. The van der Waals surface area contributed by atoms with Crippen molar-refractivity contribution >= 4 is 5.78 Å². The van der Waals surface area contributed by atoms with E-state index in [1.54, 1.807) is 0 Å². The van der Waals surface area contributed by atoms with Crippen molar-refractivity contribution < 1.29 is 9.53 Å². The van der Waals surface area contributed by atoms with Gasteiger partial charge in [-0.3, -0.25) is 4.79 Å². The molecule has 1 saturated heterocycles. The van der Waals surface area contributed by atoms with Crippen molar-refractivity contribution in [3.63, 3.8) is 0 Å². The number of carbonyl (C=O) groups excluding carboxylic acids is 1. The lowest BCUT2D eigenvalue weighted by atomic mass is 9.81. The quantitative estimate of drug-likeness (QED) is 0.717. The highest BCUT2D eigenvalue weighted by atomic mass is 16.5. The van der Waals surface area contributed by atoms with E-state index in [1.807, 2.05) is 6.92 Å². The molecule has 0 bridgehead atoms. The molecule has 0 radical (unpaired) electrons. The number of Topliss-reactive ketones (excluding diaryl/α,β-unsaturated/α-hetero) is 1. The second-order valence-corrected chi connectivity index (χ2v) is 5.27. The summed E-state index contributed by atoms with van der Waals surface area (Å²) in [4.78, 5) is 12.4. The molecule has 0 N–H and O–H groups in total. The van der Waals surface area contributed by atoms with Crippen LogP contribution in [-0.2, 0) is 9.53 Å². The van der Waals surface area contributed by atoms with E-state index in [2.05, 4.69) is 19.9 Å². The molecule has 2 rings (SSSR count). The third kappa shape index (κ3) is 2.08. The van der Waals surface area contributed by atoms with Crippen LogP contribution in [0.3, 0.4) is 0 Å². The molecule has 2 nitrogen and oxygen atoms in total. The van der Waals surface area contributed by atoms with E-state index in [4.69, 9.17) is 4.74 Å². The van der Waals surface area contributed by atoms with Crippen molar-refractivity contribution in [2.24, 2.45) is 11.8 Å². The highest BCUT2D eigenvalue weighted by molar-refractivity contribution is 5.98. The first-order valence-electron chi connectivity index (χ1n) is 6.50. The Labute approximate surface area is 98.1 Å². The summed E-state index contributed by atoms with van der Waals surface area (Å²) in [6.45, 7) is 6.25. The standard InChI is InChI=1S/C14H22O2/c1-9-10(2)16-11(3)13(9)14(15)12-7-5-4-6-8-12/h7,9-11,13H,4-6,8H2,1-3H3. The Hall–Kier alpha value is -0.630. The molecule has 0 aromatic rings. The molecule has 1 aliphatic carbocycles. The average Bonchev–Trinajstić information content (AvgIpc) is 2.54. The molecule has 2 heteroatoms. The van der Waals surface area contributed by atoms with E-state index in [0.29, 0.717) is 11.7 Å². The highest BCUT2D eigenvalue weighted by Gasteiger charge is 2.42. The Morgan fingerprint density at radius 1 is 1.25 bits per heavy atom. The number of ketones is 1. The number of rotatable bonds is 2. The van der Waals surface area contributed by atoms with E-state index in [1.165, 1.54) is 12.8 Å². The third-order valence-corrected chi connectivity index (χ3v) is 4.15. The fourth-order valence-electron chi connectivity index (χ4n) is 2.99. The Morgan fingerprint density at radius 3 is 2.50 bits per heavy atom. The summed E-state index contributed by atoms with van der Waals surface area (Å²) >= 11 is 0. The van der Waals surface area contributed by atoms with Gasteiger partial charge in [-0.05, 0) is 51.0 Å². The van der Waals surface area contributed by atoms with Gasteiger partial charge in [-0.2, -0.15) is 0 Å². The summed E-state index contributed by atoms with van der Waals surface area (Å²) in [5.41, 5.74) is 1.06. The number of hydrogen-bond donors (Lipinski definition) is 0. The lowest BCUT2D eigenvalue weighted by Gasteiger charge is -2.20. The van der Waals surface area contributed by atoms with Crippen LogP contribution in [0, 0.1) is 11.8 Å². The predicted molar refractivity (Wildman–Crippen MR) is 64.2 cm³/mol. The van der Waals surface area contributed by atoms with E-state index >= 15 is 0 Å². The van der Waals surface area contributed by atoms with E-state index < -0.39 is 0 Å². The highest BCUT2D eigenvalue weighted by Crippen LogP contribution is 2.35. The van der Waals surface area contributed by atoms with Crippen LogP contribution in [0.1, 0.15) is 46.5 Å². The van der Waals surface area contributed by atoms with Crippen molar-refractivity contribution in [2.75, 3.05) is 0 Å². The molecule has 2 aliphatic rings. The molecule has 0 aromatic carbocycles. The monoisotopic (exact) mass is 222 g/mol. The zero-order chi connectivity index (χ0) is 11.7. The van der Waals surface area contributed by atoms with Gasteiger partial charge in [0, 0.05) is 0 Å². The predicted octanol–water partition coefficient (Wildman–Crippen LogP) is 3.12. The van der Waals surface area contributed by atoms with Crippen LogP contribution < -0.4 is 0 Å². The first kappa shape index (κ1) is 11.8. The molecule has 0 saturated carbocycles. The minimum absolute atomic E-state index is 0.0827. The van der Waals surface area contributed by atoms with Crippen LogP contribution >= 0.6 is 0 Å². The molecule has 0 amide bonds. The topological polar surface area (TPSA) is 26.3 Å². The minimum atomic E-state index is 0.0827. The molecule has 4 atom stereocenters. The minimum Gasteiger partial charge on any atom is -0.374 e. The summed E-state index contributed by atoms with van der Waals surface area (Å²) in [5.74, 6) is 0.786. The van der Waals surface area contributed by atoms with Crippen LogP contribution in [-0.4, -0.2) is 18.0 Å². The molecule has 0 aromatic heterocycles. The molecule has 1 heterocycles. The SMILES string of the molecule is CC1OC(C)C(C(=O)C2=CCCCC2)C1C. The zero-order valence-corrected chi connectivity index (χ0v) is 10.5. The molecule has 90 valence electrons. The van der Waals surface area contributed by atoms with Gasteiger partial charge in [-0.1, -0.05) is 13.0 Å². The number of carbonyl (C=O) groups is 1. The van der Waals surface area contributed by atoms with Crippen molar-refractivity contribution in [2.45, 2.75) is 58.7 Å².